The Bertz CT molecular complexity index is 1780. The number of carbonyl (C=O) groups is 7. The van der Waals surface area contributed by atoms with Gasteiger partial charge in [-0.1, -0.05) is 56.0 Å². The van der Waals surface area contributed by atoms with E-state index >= 15 is 0 Å². The number of carboxylic acid groups (broad SMARTS) is 1. The summed E-state index contributed by atoms with van der Waals surface area (Å²) >= 11 is 0. The Morgan fingerprint density at radius 2 is 1.56 bits per heavy atom. The summed E-state index contributed by atoms with van der Waals surface area (Å²) in [4.78, 5) is 101. The number of hydrogen-bond acceptors (Lipinski definition) is 10. The zero-order chi connectivity index (χ0) is 46.8. The van der Waals surface area contributed by atoms with E-state index in [2.05, 4.69) is 32.0 Å². The highest BCUT2D eigenvalue weighted by molar-refractivity contribution is 5.97. The van der Waals surface area contributed by atoms with E-state index in [0.29, 0.717) is 77.3 Å². The molecule has 0 spiro atoms. The van der Waals surface area contributed by atoms with Gasteiger partial charge in [-0.2, -0.15) is 0 Å². The molecule has 0 bridgehead atoms. The molecule has 3 aliphatic rings. The molecule has 3 fully saturated rings. The summed E-state index contributed by atoms with van der Waals surface area (Å²) in [6.45, 7) is 3.02. The highest BCUT2D eigenvalue weighted by Gasteiger charge is 2.62. The summed E-state index contributed by atoms with van der Waals surface area (Å²) in [5.74, 6) is -4.51. The number of nitrogens with zero attached hydrogens (tertiary/aromatic N) is 3. The fourth-order valence-corrected chi connectivity index (χ4v) is 8.73. The molecule has 6 amide bonds. The maximum Gasteiger partial charge on any atom is 0.329 e. The number of carboxylic acids is 1. The van der Waals surface area contributed by atoms with E-state index in [1.165, 1.54) is 16.7 Å². The minimum atomic E-state index is -1.48. The summed E-state index contributed by atoms with van der Waals surface area (Å²) in [7, 11) is 0. The summed E-state index contributed by atoms with van der Waals surface area (Å²) in [5.41, 5.74) is 20.0. The summed E-state index contributed by atoms with van der Waals surface area (Å²) in [6, 6.07) is 4.94. The van der Waals surface area contributed by atoms with Gasteiger partial charge in [-0.15, -0.1) is 0 Å². The van der Waals surface area contributed by atoms with E-state index in [9.17, 15) is 43.8 Å². The lowest BCUT2D eigenvalue weighted by atomic mass is 10.0. The second-order valence-electron chi connectivity index (χ2n) is 17.5. The van der Waals surface area contributed by atoms with E-state index in [1.54, 1.807) is 0 Å². The summed E-state index contributed by atoms with van der Waals surface area (Å²) in [5, 5.41) is 31.7. The maximum absolute atomic E-state index is 14.4. The average Bonchev–Trinajstić information content (AvgIpc) is 3.56. The van der Waals surface area contributed by atoms with Crippen molar-refractivity contribution in [3.8, 4) is 0 Å². The van der Waals surface area contributed by atoms with Gasteiger partial charge in [0.15, 0.2) is 12.0 Å². The molecule has 4 rings (SSSR count). The van der Waals surface area contributed by atoms with E-state index in [4.69, 9.17) is 17.2 Å². The molecule has 1 aromatic carbocycles. The Labute approximate surface area is 375 Å². The first-order chi connectivity index (χ1) is 30.6. The Balaban J connectivity index is 1.32. The standard InChI is InChI=1S/C44H71N11O9/c1-28(56)36(52-35(57)19-9-5-11-22-49-37(58)31(46)26-29-14-6-4-7-15-29)39(60)51-32(16-8-2-3-10-21-45)40(61)55-25-13-18-34(55)41(62)54-24-12-17-33(54)38(59)53-44(42(63)64)27-30(44)20-23-50-43(47)48/h4,6-7,14-15,28,30-34,36,56H,2-3,5,8-13,16-27,45-46H2,1H3,(H,49,58)(H,51,60)(H,52,57)(H,53,59)(H,63,64)(H4,47,48,50)/p+1/t28?,30-,31?,32?,33?,34?,36?,44+/m1/s1. The van der Waals surface area contributed by atoms with Gasteiger partial charge in [-0.25, -0.2) is 4.79 Å². The third-order valence-corrected chi connectivity index (χ3v) is 12.5. The van der Waals surface area contributed by atoms with Crippen molar-refractivity contribution in [2.24, 2.45) is 28.1 Å². The molecule has 0 radical (unpaired) electrons. The molecule has 2 heterocycles. The van der Waals surface area contributed by atoms with Crippen LogP contribution in [0.15, 0.2) is 35.3 Å². The van der Waals surface area contributed by atoms with Gasteiger partial charge < -0.3 is 64.2 Å². The maximum atomic E-state index is 14.4. The van der Waals surface area contributed by atoms with Crippen LogP contribution >= 0.6 is 0 Å². The van der Waals surface area contributed by atoms with Crippen LogP contribution in [-0.2, 0) is 40.0 Å². The predicted octanol–water partition coefficient (Wildman–Crippen LogP) is -1.62. The number of aliphatic hydroxyl groups excluding tert-OH is 1. The van der Waals surface area contributed by atoms with Crippen molar-refractivity contribution in [1.82, 2.24) is 31.1 Å². The largest absolute Gasteiger partial charge is 0.479 e. The molecular formula is C44H72N11O9+. The number of aliphatic carboxylic acids is 1. The van der Waals surface area contributed by atoms with E-state index in [-0.39, 0.29) is 56.7 Å². The van der Waals surface area contributed by atoms with Crippen molar-refractivity contribution in [3.63, 3.8) is 0 Å². The lowest BCUT2D eigenvalue weighted by Gasteiger charge is -2.33. The van der Waals surface area contributed by atoms with Gasteiger partial charge >= 0.3 is 5.97 Å². The molecule has 0 aromatic heterocycles. The molecule has 8 atom stereocenters. The molecule has 6 unspecified atom stereocenters. The minimum Gasteiger partial charge on any atom is -0.479 e. The fourth-order valence-electron chi connectivity index (χ4n) is 8.73. The van der Waals surface area contributed by atoms with Crippen LogP contribution in [0.1, 0.15) is 109 Å². The van der Waals surface area contributed by atoms with Crippen molar-refractivity contribution < 1.29 is 49.5 Å². The first-order valence-corrected chi connectivity index (χ1v) is 22.9. The number of guanidine groups is 1. The van der Waals surface area contributed by atoms with Gasteiger partial charge in [0.05, 0.1) is 6.10 Å². The van der Waals surface area contributed by atoms with Crippen molar-refractivity contribution in [2.45, 2.75) is 152 Å². The molecule has 15 N–H and O–H groups in total. The second-order valence-corrected chi connectivity index (χ2v) is 17.5. The lowest BCUT2D eigenvalue weighted by Crippen LogP contribution is -2.68. The Morgan fingerprint density at radius 3 is 2.23 bits per heavy atom. The van der Waals surface area contributed by atoms with Gasteiger partial charge in [-0.3, -0.25) is 33.8 Å². The number of aliphatic hydroxyl groups is 1. The number of likely N-dealkylation sites (tertiary alicyclic amines) is 2. The van der Waals surface area contributed by atoms with Crippen LogP contribution < -0.4 is 44.2 Å². The number of aliphatic imine (C=N–C) groups is 1. The lowest BCUT2D eigenvalue weighted by molar-refractivity contribution is -0.403. The smallest absolute Gasteiger partial charge is 0.329 e. The third kappa shape index (κ3) is 14.9. The van der Waals surface area contributed by atoms with Gasteiger partial charge in [-0.05, 0) is 89.2 Å². The van der Waals surface area contributed by atoms with Crippen LogP contribution in [0.3, 0.4) is 0 Å². The van der Waals surface area contributed by atoms with E-state index in [1.807, 2.05) is 30.3 Å². The molecule has 20 nitrogen and oxygen atoms in total. The molecule has 356 valence electrons. The molecule has 1 aliphatic carbocycles. The summed E-state index contributed by atoms with van der Waals surface area (Å²) in [6.07, 6.45) is 6.42. The van der Waals surface area contributed by atoms with Crippen molar-refractivity contribution in [3.05, 3.63) is 35.9 Å². The number of hydrogen-bond donors (Lipinski definition) is 10. The Hall–Kier alpha value is -5.34. The number of quaternary nitrogens is 1. The monoisotopic (exact) mass is 899 g/mol. The van der Waals surface area contributed by atoms with Gasteiger partial charge in [0.2, 0.25) is 29.5 Å². The first-order valence-electron chi connectivity index (χ1n) is 22.9. The van der Waals surface area contributed by atoms with Gasteiger partial charge in [0.25, 0.3) is 5.91 Å². The highest BCUT2D eigenvalue weighted by atomic mass is 16.4. The summed E-state index contributed by atoms with van der Waals surface area (Å²) < 4.78 is 0. The number of benzene rings is 1. The normalized spacial score (nSPS) is 22.1. The van der Waals surface area contributed by atoms with Crippen LogP contribution in [0.4, 0.5) is 0 Å². The fraction of sp³-hybridized carbons (Fsp3) is 0.682. The molecule has 1 saturated carbocycles. The SMILES string of the molecule is CC(O)C(NC(=O)CCCCCNC(=O)C([NH3+])Cc1ccccc1)C(=O)NC(CCCCCCN)C(=O)N1CCCC1C(=O)N1CCCC1C(=O)N[C@@]1(C(=O)O)C[C@H]1CCN=C(N)N. The molecule has 2 aliphatic heterocycles. The number of nitrogens with two attached hydrogens (primary N) is 3. The van der Waals surface area contributed by atoms with E-state index < -0.39 is 77.4 Å². The number of unbranched alkanes of at least 4 members (excludes halogenated alkanes) is 5. The second kappa shape index (κ2) is 25.2. The van der Waals surface area contributed by atoms with Crippen LogP contribution in [-0.4, -0.2) is 142 Å². The highest BCUT2D eigenvalue weighted by Crippen LogP contribution is 2.46. The van der Waals surface area contributed by atoms with Crippen LogP contribution in [0.2, 0.25) is 0 Å². The zero-order valence-electron chi connectivity index (χ0n) is 37.3. The predicted molar refractivity (Wildman–Crippen MR) is 237 cm³/mol. The molecule has 2 saturated heterocycles. The van der Waals surface area contributed by atoms with Crippen molar-refractivity contribution in [2.75, 3.05) is 32.7 Å². The van der Waals surface area contributed by atoms with Gasteiger partial charge in [0, 0.05) is 39.0 Å². The topological polar surface area (TPSA) is 333 Å². The molecule has 1 aromatic rings. The van der Waals surface area contributed by atoms with Crippen LogP contribution in [0.5, 0.6) is 0 Å². The number of carbonyl (C=O) groups excluding carboxylic acids is 6. The number of rotatable bonds is 27. The molecular weight excluding hydrogens is 827 g/mol. The van der Waals surface area contributed by atoms with Crippen molar-refractivity contribution in [1.29, 1.82) is 0 Å². The number of nitrogens with one attached hydrogen (secondary N) is 4. The molecule has 64 heavy (non-hydrogen) atoms. The van der Waals surface area contributed by atoms with Crippen LogP contribution in [0.25, 0.3) is 0 Å². The van der Waals surface area contributed by atoms with E-state index in [0.717, 1.165) is 24.8 Å². The third-order valence-electron chi connectivity index (χ3n) is 12.5. The van der Waals surface area contributed by atoms with Crippen LogP contribution in [0, 0.1) is 5.92 Å². The first kappa shape index (κ1) is 51.3. The molecule has 20 heteroatoms. The minimum absolute atomic E-state index is 0.0737. The number of amides is 6. The van der Waals surface area contributed by atoms with Crippen molar-refractivity contribution >= 4 is 47.4 Å². The Kier molecular flexibility index (Phi) is 20.2. The quantitative estimate of drug-likeness (QED) is 0.0271. The average molecular weight is 899 g/mol. The van der Waals surface area contributed by atoms with Gasteiger partial charge in [0.1, 0.15) is 29.7 Å². The zero-order valence-corrected chi connectivity index (χ0v) is 37.3. The Morgan fingerprint density at radius 1 is 0.891 bits per heavy atom.